The number of rotatable bonds is 3. The lowest BCUT2D eigenvalue weighted by molar-refractivity contribution is -0.0918. The standard InChI is InChI=1S/C16H21N3O2/c1-11-9-19(12(2)16-18-17-13(3)21-16)10-15(20-11)14-7-5-4-6-8-14/h4-8,11-12,15H,9-10H2,1-3H3/t11-,12-,15+/m0/s1. The molecular formula is C16H21N3O2. The molecule has 0 N–H and O–H groups in total. The van der Waals surface area contributed by atoms with Crippen LogP contribution in [0.3, 0.4) is 0 Å². The number of morpholine rings is 1. The summed E-state index contributed by atoms with van der Waals surface area (Å²) in [6, 6.07) is 10.5. The molecule has 0 unspecified atom stereocenters. The van der Waals surface area contributed by atoms with Gasteiger partial charge in [-0.15, -0.1) is 10.2 Å². The van der Waals surface area contributed by atoms with Gasteiger partial charge in [-0.1, -0.05) is 30.3 Å². The van der Waals surface area contributed by atoms with E-state index in [9.17, 15) is 0 Å². The summed E-state index contributed by atoms with van der Waals surface area (Å²) in [4.78, 5) is 2.35. The average molecular weight is 287 g/mol. The molecule has 5 heteroatoms. The molecule has 5 nitrogen and oxygen atoms in total. The van der Waals surface area contributed by atoms with Gasteiger partial charge in [0.1, 0.15) is 0 Å². The molecule has 3 atom stereocenters. The summed E-state index contributed by atoms with van der Waals surface area (Å²) in [7, 11) is 0. The van der Waals surface area contributed by atoms with Crippen molar-refractivity contribution in [1.29, 1.82) is 0 Å². The Labute approximate surface area is 124 Å². The molecule has 1 aromatic carbocycles. The number of benzene rings is 1. The lowest BCUT2D eigenvalue weighted by Crippen LogP contribution is -2.44. The van der Waals surface area contributed by atoms with Crippen LogP contribution in [-0.4, -0.2) is 34.3 Å². The first-order chi connectivity index (χ1) is 10.1. The highest BCUT2D eigenvalue weighted by molar-refractivity contribution is 5.18. The summed E-state index contributed by atoms with van der Waals surface area (Å²) in [5, 5.41) is 8.07. The quantitative estimate of drug-likeness (QED) is 0.868. The number of aryl methyl sites for hydroxylation is 1. The van der Waals surface area contributed by atoms with Crippen molar-refractivity contribution in [2.75, 3.05) is 13.1 Å². The summed E-state index contributed by atoms with van der Waals surface area (Å²) >= 11 is 0. The highest BCUT2D eigenvalue weighted by atomic mass is 16.5. The monoisotopic (exact) mass is 287 g/mol. The molecule has 0 bridgehead atoms. The van der Waals surface area contributed by atoms with E-state index in [1.165, 1.54) is 5.56 Å². The maximum Gasteiger partial charge on any atom is 0.233 e. The van der Waals surface area contributed by atoms with Crippen molar-refractivity contribution < 1.29 is 9.15 Å². The molecule has 0 saturated carbocycles. The molecule has 112 valence electrons. The van der Waals surface area contributed by atoms with Crippen LogP contribution in [-0.2, 0) is 4.74 Å². The van der Waals surface area contributed by atoms with Crippen molar-refractivity contribution in [3.63, 3.8) is 0 Å². The van der Waals surface area contributed by atoms with Crippen LogP contribution in [0.2, 0.25) is 0 Å². The maximum absolute atomic E-state index is 6.09. The second kappa shape index (κ2) is 5.95. The van der Waals surface area contributed by atoms with Crippen molar-refractivity contribution in [3.05, 3.63) is 47.7 Å². The van der Waals surface area contributed by atoms with E-state index in [2.05, 4.69) is 41.1 Å². The van der Waals surface area contributed by atoms with Gasteiger partial charge in [0.15, 0.2) is 0 Å². The predicted octanol–water partition coefficient (Wildman–Crippen LogP) is 2.90. The van der Waals surface area contributed by atoms with Gasteiger partial charge in [-0.05, 0) is 19.4 Å². The fraction of sp³-hybridized carbons (Fsp3) is 0.500. The average Bonchev–Trinajstić information content (AvgIpc) is 2.93. The highest BCUT2D eigenvalue weighted by Crippen LogP contribution is 2.30. The second-order valence-electron chi connectivity index (χ2n) is 5.64. The van der Waals surface area contributed by atoms with Crippen LogP contribution in [0.4, 0.5) is 0 Å². The lowest BCUT2D eigenvalue weighted by Gasteiger charge is -2.39. The largest absolute Gasteiger partial charge is 0.424 e. The highest BCUT2D eigenvalue weighted by Gasteiger charge is 2.31. The van der Waals surface area contributed by atoms with Gasteiger partial charge in [0.05, 0.1) is 18.2 Å². The van der Waals surface area contributed by atoms with Gasteiger partial charge in [-0.2, -0.15) is 0 Å². The zero-order valence-corrected chi connectivity index (χ0v) is 12.7. The van der Waals surface area contributed by atoms with Gasteiger partial charge < -0.3 is 9.15 Å². The van der Waals surface area contributed by atoms with Crippen molar-refractivity contribution in [1.82, 2.24) is 15.1 Å². The number of hydrogen-bond donors (Lipinski definition) is 0. The molecular weight excluding hydrogens is 266 g/mol. The smallest absolute Gasteiger partial charge is 0.233 e. The van der Waals surface area contributed by atoms with E-state index in [-0.39, 0.29) is 18.2 Å². The summed E-state index contributed by atoms with van der Waals surface area (Å²) in [6.07, 6.45) is 0.261. The Hall–Kier alpha value is -1.72. The summed E-state index contributed by atoms with van der Waals surface area (Å²) in [5.41, 5.74) is 1.21. The Morgan fingerprint density at radius 3 is 2.62 bits per heavy atom. The van der Waals surface area contributed by atoms with Gasteiger partial charge in [-0.3, -0.25) is 4.90 Å². The van der Waals surface area contributed by atoms with Gasteiger partial charge in [0.25, 0.3) is 0 Å². The third-order valence-electron chi connectivity index (χ3n) is 3.91. The first-order valence-electron chi connectivity index (χ1n) is 7.38. The molecule has 1 aliphatic rings. The molecule has 2 aromatic rings. The van der Waals surface area contributed by atoms with Crippen molar-refractivity contribution in [2.24, 2.45) is 0 Å². The Bertz CT molecular complexity index is 584. The lowest BCUT2D eigenvalue weighted by atomic mass is 10.1. The fourth-order valence-electron chi connectivity index (χ4n) is 2.79. The fourth-order valence-corrected chi connectivity index (χ4v) is 2.79. The Morgan fingerprint density at radius 2 is 1.95 bits per heavy atom. The van der Waals surface area contributed by atoms with E-state index in [0.29, 0.717) is 11.8 Å². The Kier molecular flexibility index (Phi) is 4.03. The number of ether oxygens (including phenoxy) is 1. The molecule has 1 aromatic heterocycles. The van der Waals surface area contributed by atoms with Crippen LogP contribution >= 0.6 is 0 Å². The van der Waals surface area contributed by atoms with Crippen LogP contribution in [0.1, 0.15) is 43.3 Å². The summed E-state index contributed by atoms with van der Waals surface area (Å²) in [5.74, 6) is 1.28. The van der Waals surface area contributed by atoms with Crippen LogP contribution < -0.4 is 0 Å². The van der Waals surface area contributed by atoms with Crippen LogP contribution in [0.25, 0.3) is 0 Å². The van der Waals surface area contributed by atoms with Gasteiger partial charge >= 0.3 is 0 Å². The summed E-state index contributed by atoms with van der Waals surface area (Å²) < 4.78 is 11.7. The van der Waals surface area contributed by atoms with E-state index in [0.717, 1.165) is 13.1 Å². The maximum atomic E-state index is 6.09. The normalized spacial score (nSPS) is 24.9. The van der Waals surface area contributed by atoms with E-state index >= 15 is 0 Å². The van der Waals surface area contributed by atoms with Crippen molar-refractivity contribution in [2.45, 2.75) is 39.0 Å². The van der Waals surface area contributed by atoms with Gasteiger partial charge in [0, 0.05) is 20.0 Å². The number of hydrogen-bond acceptors (Lipinski definition) is 5. The molecule has 0 amide bonds. The van der Waals surface area contributed by atoms with Gasteiger partial charge in [0.2, 0.25) is 11.8 Å². The second-order valence-corrected chi connectivity index (χ2v) is 5.64. The van der Waals surface area contributed by atoms with Gasteiger partial charge in [-0.25, -0.2) is 0 Å². The first-order valence-corrected chi connectivity index (χ1v) is 7.38. The van der Waals surface area contributed by atoms with Crippen molar-refractivity contribution >= 4 is 0 Å². The molecule has 0 aliphatic carbocycles. The summed E-state index contributed by atoms with van der Waals surface area (Å²) in [6.45, 7) is 7.72. The molecule has 0 radical (unpaired) electrons. The third-order valence-corrected chi connectivity index (χ3v) is 3.91. The molecule has 2 heterocycles. The van der Waals surface area contributed by atoms with E-state index in [1.807, 2.05) is 25.1 Å². The van der Waals surface area contributed by atoms with Crippen molar-refractivity contribution in [3.8, 4) is 0 Å². The van der Waals surface area contributed by atoms with E-state index in [4.69, 9.17) is 9.15 Å². The molecule has 3 rings (SSSR count). The number of nitrogens with zero attached hydrogens (tertiary/aromatic N) is 3. The van der Waals surface area contributed by atoms with Crippen LogP contribution in [0.15, 0.2) is 34.7 Å². The van der Waals surface area contributed by atoms with E-state index < -0.39 is 0 Å². The minimum absolute atomic E-state index is 0.0846. The molecule has 1 aliphatic heterocycles. The Balaban J connectivity index is 1.77. The first kappa shape index (κ1) is 14.2. The SMILES string of the molecule is Cc1nnc([C@H](C)N2C[C@H](C)O[C@@H](c3ccccc3)C2)o1. The zero-order chi connectivity index (χ0) is 14.8. The Morgan fingerprint density at radius 1 is 1.19 bits per heavy atom. The zero-order valence-electron chi connectivity index (χ0n) is 12.7. The minimum atomic E-state index is 0.0846. The minimum Gasteiger partial charge on any atom is -0.424 e. The predicted molar refractivity (Wildman–Crippen MR) is 78.8 cm³/mol. The number of aromatic nitrogens is 2. The molecule has 0 spiro atoms. The van der Waals surface area contributed by atoms with Crippen LogP contribution in [0, 0.1) is 6.92 Å². The van der Waals surface area contributed by atoms with E-state index in [1.54, 1.807) is 0 Å². The topological polar surface area (TPSA) is 51.4 Å². The van der Waals surface area contributed by atoms with Crippen LogP contribution in [0.5, 0.6) is 0 Å². The molecule has 21 heavy (non-hydrogen) atoms. The molecule has 1 fully saturated rings. The molecule has 1 saturated heterocycles. The third kappa shape index (κ3) is 3.14.